The summed E-state index contributed by atoms with van der Waals surface area (Å²) < 4.78 is 18.8. The highest BCUT2D eigenvalue weighted by Crippen LogP contribution is 2.34. The maximum Gasteiger partial charge on any atom is 0.282 e. The standard InChI is InChI=1S/C25H17BrClN3O4/c1-32-20-8-5-9-21-17(20)12-22(34-21)24-29-19-7-4-3-6-16(19)25(31)30(24)28-13-14-10-15(27)11-18(26)23(14)33-2/h3-13H,1-2H3. The first-order valence-corrected chi connectivity index (χ1v) is 11.3. The number of rotatable bonds is 5. The number of furan rings is 1. The Morgan fingerprint density at radius 1 is 1.06 bits per heavy atom. The fourth-order valence-electron chi connectivity index (χ4n) is 3.72. The first-order valence-electron chi connectivity index (χ1n) is 10.2. The molecule has 0 unspecified atom stereocenters. The zero-order chi connectivity index (χ0) is 23.8. The summed E-state index contributed by atoms with van der Waals surface area (Å²) in [7, 11) is 3.13. The minimum atomic E-state index is -0.343. The topological polar surface area (TPSA) is 78.8 Å². The molecule has 9 heteroatoms. The summed E-state index contributed by atoms with van der Waals surface area (Å²) in [4.78, 5) is 18.1. The summed E-state index contributed by atoms with van der Waals surface area (Å²) in [5.41, 5.74) is 1.38. The van der Waals surface area contributed by atoms with Crippen LogP contribution in [-0.2, 0) is 0 Å². The number of fused-ring (bicyclic) bond motifs is 2. The minimum Gasteiger partial charge on any atom is -0.496 e. The molecule has 0 N–H and O–H groups in total. The van der Waals surface area contributed by atoms with Gasteiger partial charge in [-0.05, 0) is 58.4 Å². The molecule has 5 rings (SSSR count). The molecule has 0 saturated heterocycles. The maximum absolute atomic E-state index is 13.4. The molecule has 0 saturated carbocycles. The fraction of sp³-hybridized carbons (Fsp3) is 0.0800. The molecule has 0 atom stereocenters. The van der Waals surface area contributed by atoms with Gasteiger partial charge in [0.2, 0.25) is 5.82 Å². The van der Waals surface area contributed by atoms with Crippen molar-refractivity contribution in [3.05, 3.63) is 86.1 Å². The van der Waals surface area contributed by atoms with Gasteiger partial charge >= 0.3 is 0 Å². The van der Waals surface area contributed by atoms with Crippen molar-refractivity contribution in [2.24, 2.45) is 5.10 Å². The van der Waals surface area contributed by atoms with E-state index in [-0.39, 0.29) is 11.4 Å². The lowest BCUT2D eigenvalue weighted by molar-refractivity contribution is 0.411. The predicted octanol–water partition coefficient (Wildman–Crippen LogP) is 6.13. The van der Waals surface area contributed by atoms with E-state index in [1.807, 2.05) is 24.3 Å². The molecule has 0 aliphatic heterocycles. The van der Waals surface area contributed by atoms with Gasteiger partial charge in [-0.1, -0.05) is 29.8 Å². The molecular formula is C25H17BrClN3O4. The van der Waals surface area contributed by atoms with E-state index in [0.717, 1.165) is 5.39 Å². The third-order valence-corrected chi connectivity index (χ3v) is 6.08. The third kappa shape index (κ3) is 3.85. The van der Waals surface area contributed by atoms with E-state index in [4.69, 9.17) is 30.5 Å². The Kier molecular flexibility index (Phi) is 5.85. The van der Waals surface area contributed by atoms with Crippen LogP contribution < -0.4 is 15.0 Å². The van der Waals surface area contributed by atoms with E-state index in [2.05, 4.69) is 21.0 Å². The normalized spacial score (nSPS) is 11.5. The highest BCUT2D eigenvalue weighted by Gasteiger charge is 2.18. The summed E-state index contributed by atoms with van der Waals surface area (Å²) in [5.74, 6) is 1.81. The van der Waals surface area contributed by atoms with Crippen LogP contribution in [0.4, 0.5) is 0 Å². The second kappa shape index (κ2) is 8.96. The zero-order valence-electron chi connectivity index (χ0n) is 18.1. The summed E-state index contributed by atoms with van der Waals surface area (Å²) in [6, 6.07) is 17.8. The molecule has 0 bridgehead atoms. The van der Waals surface area contributed by atoms with Gasteiger partial charge in [0.05, 0.1) is 41.2 Å². The van der Waals surface area contributed by atoms with Crippen LogP contribution in [0.25, 0.3) is 33.5 Å². The molecule has 2 aromatic heterocycles. The number of ether oxygens (including phenoxy) is 2. The van der Waals surface area contributed by atoms with Gasteiger partial charge in [-0.15, -0.1) is 0 Å². The van der Waals surface area contributed by atoms with Crippen molar-refractivity contribution in [3.8, 4) is 23.1 Å². The number of aromatic nitrogens is 2. The third-order valence-electron chi connectivity index (χ3n) is 5.27. The molecule has 0 aliphatic carbocycles. The Hall–Kier alpha value is -3.62. The van der Waals surface area contributed by atoms with E-state index < -0.39 is 0 Å². The van der Waals surface area contributed by atoms with Crippen molar-refractivity contribution in [2.45, 2.75) is 0 Å². The molecule has 0 amide bonds. The summed E-state index contributed by atoms with van der Waals surface area (Å²) in [5, 5.41) is 6.15. The molecule has 7 nitrogen and oxygen atoms in total. The number of hydrogen-bond donors (Lipinski definition) is 0. The SMILES string of the molecule is COc1c(Br)cc(Cl)cc1C=Nn1c(-c2cc3c(OC)cccc3o2)nc2ccccc2c1=O. The molecule has 3 aromatic carbocycles. The molecule has 2 heterocycles. The quantitative estimate of drug-likeness (QED) is 0.252. The first kappa shape index (κ1) is 22.2. The van der Waals surface area contributed by atoms with Crippen LogP contribution in [0.2, 0.25) is 5.02 Å². The van der Waals surface area contributed by atoms with Gasteiger partial charge in [-0.3, -0.25) is 4.79 Å². The number of nitrogens with zero attached hydrogens (tertiary/aromatic N) is 3. The highest BCUT2D eigenvalue weighted by molar-refractivity contribution is 9.10. The number of para-hydroxylation sites is 1. The lowest BCUT2D eigenvalue weighted by atomic mass is 10.2. The van der Waals surface area contributed by atoms with Crippen molar-refractivity contribution in [2.75, 3.05) is 14.2 Å². The van der Waals surface area contributed by atoms with Gasteiger partial charge in [-0.2, -0.15) is 9.78 Å². The smallest absolute Gasteiger partial charge is 0.282 e. The van der Waals surface area contributed by atoms with Crippen molar-refractivity contribution >= 4 is 55.6 Å². The van der Waals surface area contributed by atoms with Crippen LogP contribution in [0, 0.1) is 0 Å². The second-order valence-electron chi connectivity index (χ2n) is 7.31. The lowest BCUT2D eigenvalue weighted by Crippen LogP contribution is -2.20. The highest BCUT2D eigenvalue weighted by atomic mass is 79.9. The fourth-order valence-corrected chi connectivity index (χ4v) is 4.72. The Morgan fingerprint density at radius 2 is 1.88 bits per heavy atom. The molecular weight excluding hydrogens is 522 g/mol. The van der Waals surface area contributed by atoms with E-state index in [1.54, 1.807) is 50.6 Å². The molecule has 5 aromatic rings. The van der Waals surface area contributed by atoms with E-state index in [0.29, 0.717) is 48.8 Å². The summed E-state index contributed by atoms with van der Waals surface area (Å²) in [6.07, 6.45) is 1.50. The monoisotopic (exact) mass is 537 g/mol. The van der Waals surface area contributed by atoms with Crippen molar-refractivity contribution < 1.29 is 13.9 Å². The van der Waals surface area contributed by atoms with Crippen LogP contribution in [0.3, 0.4) is 0 Å². The predicted molar refractivity (Wildman–Crippen MR) is 136 cm³/mol. The Morgan fingerprint density at radius 3 is 2.68 bits per heavy atom. The molecule has 0 spiro atoms. The average molecular weight is 539 g/mol. The molecule has 34 heavy (non-hydrogen) atoms. The molecule has 0 radical (unpaired) electrons. The van der Waals surface area contributed by atoms with E-state index in [1.165, 1.54) is 10.9 Å². The van der Waals surface area contributed by atoms with Crippen LogP contribution in [0.1, 0.15) is 5.56 Å². The average Bonchev–Trinajstić information content (AvgIpc) is 3.27. The first-order chi connectivity index (χ1) is 16.5. The van der Waals surface area contributed by atoms with Crippen molar-refractivity contribution in [3.63, 3.8) is 0 Å². The van der Waals surface area contributed by atoms with Crippen molar-refractivity contribution in [1.29, 1.82) is 0 Å². The minimum absolute atomic E-state index is 0.248. The van der Waals surface area contributed by atoms with E-state index >= 15 is 0 Å². The van der Waals surface area contributed by atoms with Crippen LogP contribution in [-0.4, -0.2) is 30.1 Å². The number of methoxy groups -OCH3 is 2. The van der Waals surface area contributed by atoms with Crippen molar-refractivity contribution in [1.82, 2.24) is 9.66 Å². The van der Waals surface area contributed by atoms with Crippen LogP contribution in [0.5, 0.6) is 11.5 Å². The van der Waals surface area contributed by atoms with Crippen LogP contribution in [0.15, 0.2) is 79.4 Å². The molecule has 0 fully saturated rings. The zero-order valence-corrected chi connectivity index (χ0v) is 20.4. The molecule has 0 aliphatic rings. The van der Waals surface area contributed by atoms with Gasteiger partial charge in [0.1, 0.15) is 17.1 Å². The largest absolute Gasteiger partial charge is 0.496 e. The van der Waals surface area contributed by atoms with Gasteiger partial charge < -0.3 is 13.9 Å². The summed E-state index contributed by atoms with van der Waals surface area (Å²) >= 11 is 9.65. The van der Waals surface area contributed by atoms with Crippen LogP contribution >= 0.6 is 27.5 Å². The Balaban J connectivity index is 1.76. The summed E-state index contributed by atoms with van der Waals surface area (Å²) in [6.45, 7) is 0. The van der Waals surface area contributed by atoms with Gasteiger partial charge in [0.15, 0.2) is 5.76 Å². The number of halogens is 2. The number of hydrogen-bond acceptors (Lipinski definition) is 6. The Labute approximate surface area is 207 Å². The van der Waals surface area contributed by atoms with Gasteiger partial charge in [-0.25, -0.2) is 4.98 Å². The van der Waals surface area contributed by atoms with E-state index in [9.17, 15) is 4.79 Å². The number of benzene rings is 3. The van der Waals surface area contributed by atoms with Gasteiger partial charge in [0, 0.05) is 10.6 Å². The maximum atomic E-state index is 13.4. The Bertz CT molecular complexity index is 1640. The van der Waals surface area contributed by atoms with Gasteiger partial charge in [0.25, 0.3) is 5.56 Å². The second-order valence-corrected chi connectivity index (χ2v) is 8.60. The lowest BCUT2D eigenvalue weighted by Gasteiger charge is -2.09. The molecule has 170 valence electrons.